The highest BCUT2D eigenvalue weighted by molar-refractivity contribution is 6.36. The van der Waals surface area contributed by atoms with Crippen molar-refractivity contribution in [3.63, 3.8) is 0 Å². The first-order chi connectivity index (χ1) is 15.8. The van der Waals surface area contributed by atoms with E-state index in [0.717, 1.165) is 28.6 Å². The molecule has 4 rings (SSSR count). The SMILES string of the molecule is COc1cc2occ(-c3ccc(Cl)cc3Cl)c2cc1/C(C)=C/C(=O)Nc1ccc(F)cc1F. The smallest absolute Gasteiger partial charge is 0.248 e. The van der Waals surface area contributed by atoms with E-state index in [2.05, 4.69) is 5.32 Å². The second-order valence-electron chi connectivity index (χ2n) is 7.26. The standard InChI is InChI=1S/C25H17Cl2F2NO3/c1-13(7-25(31)30-22-6-4-15(28)9-21(22)29)17-10-18-19(12-33-24(18)11-23(17)32-2)16-5-3-14(26)8-20(16)27/h3-12H,1-2H3,(H,30,31)/b13-7+. The number of benzene rings is 3. The molecule has 4 aromatic rings. The number of amides is 1. The Morgan fingerprint density at radius 1 is 1.06 bits per heavy atom. The van der Waals surface area contributed by atoms with Gasteiger partial charge in [0.05, 0.1) is 24.1 Å². The first-order valence-corrected chi connectivity index (χ1v) is 10.5. The lowest BCUT2D eigenvalue weighted by molar-refractivity contribution is -0.111. The van der Waals surface area contributed by atoms with E-state index in [1.54, 1.807) is 37.5 Å². The van der Waals surface area contributed by atoms with Crippen molar-refractivity contribution < 1.29 is 22.7 Å². The molecule has 0 unspecified atom stereocenters. The first-order valence-electron chi connectivity index (χ1n) is 9.76. The number of hydrogen-bond donors (Lipinski definition) is 1. The van der Waals surface area contributed by atoms with Crippen molar-refractivity contribution in [1.29, 1.82) is 0 Å². The summed E-state index contributed by atoms with van der Waals surface area (Å²) in [4.78, 5) is 12.5. The van der Waals surface area contributed by atoms with Gasteiger partial charge in [0.25, 0.3) is 0 Å². The van der Waals surface area contributed by atoms with Gasteiger partial charge in [0.15, 0.2) is 0 Å². The molecule has 0 aliphatic rings. The minimum Gasteiger partial charge on any atom is -0.496 e. The molecule has 0 aliphatic heterocycles. The molecule has 4 nitrogen and oxygen atoms in total. The van der Waals surface area contributed by atoms with Crippen LogP contribution < -0.4 is 10.1 Å². The molecule has 0 fully saturated rings. The number of carbonyl (C=O) groups excluding carboxylic acids is 1. The Bertz CT molecular complexity index is 1410. The molecule has 1 N–H and O–H groups in total. The third kappa shape index (κ3) is 4.72. The van der Waals surface area contributed by atoms with Crippen molar-refractivity contribution in [3.05, 3.63) is 88.1 Å². The van der Waals surface area contributed by atoms with Crippen LogP contribution in [0.2, 0.25) is 10.0 Å². The Morgan fingerprint density at radius 3 is 2.55 bits per heavy atom. The number of hydrogen-bond acceptors (Lipinski definition) is 3. The van der Waals surface area contributed by atoms with Crippen LogP contribution in [-0.2, 0) is 4.79 Å². The molecule has 168 valence electrons. The highest BCUT2D eigenvalue weighted by Gasteiger charge is 2.17. The Kier molecular flexibility index (Phi) is 6.40. The average molecular weight is 488 g/mol. The maximum absolute atomic E-state index is 13.9. The van der Waals surface area contributed by atoms with Gasteiger partial charge in [-0.05, 0) is 42.8 Å². The fourth-order valence-corrected chi connectivity index (χ4v) is 3.99. The van der Waals surface area contributed by atoms with E-state index in [1.807, 2.05) is 6.07 Å². The monoisotopic (exact) mass is 487 g/mol. The number of furan rings is 1. The van der Waals surface area contributed by atoms with Gasteiger partial charge in [0, 0.05) is 45.3 Å². The van der Waals surface area contributed by atoms with E-state index in [1.165, 1.54) is 13.2 Å². The Balaban J connectivity index is 1.73. The van der Waals surface area contributed by atoms with Gasteiger partial charge in [0.2, 0.25) is 5.91 Å². The third-order valence-electron chi connectivity index (χ3n) is 5.08. The van der Waals surface area contributed by atoms with Crippen LogP contribution in [0.3, 0.4) is 0 Å². The molecule has 1 amide bonds. The zero-order valence-electron chi connectivity index (χ0n) is 17.5. The second kappa shape index (κ2) is 9.25. The van der Waals surface area contributed by atoms with Gasteiger partial charge in [-0.2, -0.15) is 0 Å². The van der Waals surface area contributed by atoms with Crippen molar-refractivity contribution in [2.75, 3.05) is 12.4 Å². The minimum absolute atomic E-state index is 0.123. The maximum Gasteiger partial charge on any atom is 0.248 e. The Hall–Kier alpha value is -3.35. The predicted octanol–water partition coefficient (Wildman–Crippen LogP) is 7.74. The van der Waals surface area contributed by atoms with Gasteiger partial charge in [-0.3, -0.25) is 4.79 Å². The lowest BCUT2D eigenvalue weighted by atomic mass is 9.99. The highest BCUT2D eigenvalue weighted by Crippen LogP contribution is 2.40. The van der Waals surface area contributed by atoms with Crippen molar-refractivity contribution in [2.24, 2.45) is 0 Å². The summed E-state index contributed by atoms with van der Waals surface area (Å²) in [5.41, 5.74) is 3.13. The van der Waals surface area contributed by atoms with Gasteiger partial charge in [0.1, 0.15) is 23.0 Å². The largest absolute Gasteiger partial charge is 0.496 e. The quantitative estimate of drug-likeness (QED) is 0.293. The van der Waals surface area contributed by atoms with Crippen LogP contribution >= 0.6 is 23.2 Å². The number of rotatable bonds is 5. The topological polar surface area (TPSA) is 51.5 Å². The number of methoxy groups -OCH3 is 1. The van der Waals surface area contributed by atoms with Crippen LogP contribution in [0, 0.1) is 11.6 Å². The number of anilines is 1. The van der Waals surface area contributed by atoms with Crippen LogP contribution in [0.15, 0.2) is 65.3 Å². The van der Waals surface area contributed by atoms with Crippen LogP contribution in [0.25, 0.3) is 27.7 Å². The van der Waals surface area contributed by atoms with E-state index in [4.69, 9.17) is 32.4 Å². The van der Waals surface area contributed by atoms with E-state index in [0.29, 0.717) is 38.6 Å². The lowest BCUT2D eigenvalue weighted by Crippen LogP contribution is -2.10. The summed E-state index contributed by atoms with van der Waals surface area (Å²) < 4.78 is 38.2. The van der Waals surface area contributed by atoms with Gasteiger partial charge in [-0.25, -0.2) is 8.78 Å². The minimum atomic E-state index is -0.865. The summed E-state index contributed by atoms with van der Waals surface area (Å²) in [6.07, 6.45) is 2.90. The molecule has 1 aromatic heterocycles. The number of ether oxygens (including phenoxy) is 1. The van der Waals surface area contributed by atoms with Crippen molar-refractivity contribution in [1.82, 2.24) is 0 Å². The summed E-state index contributed by atoms with van der Waals surface area (Å²) >= 11 is 12.4. The molecule has 33 heavy (non-hydrogen) atoms. The molecule has 8 heteroatoms. The van der Waals surface area contributed by atoms with Crippen LogP contribution in [-0.4, -0.2) is 13.0 Å². The third-order valence-corrected chi connectivity index (χ3v) is 5.63. The number of allylic oxidation sites excluding steroid dienone is 1. The summed E-state index contributed by atoms with van der Waals surface area (Å²) in [7, 11) is 1.51. The molecule has 0 saturated carbocycles. The van der Waals surface area contributed by atoms with E-state index >= 15 is 0 Å². The molecule has 3 aromatic carbocycles. The number of carbonyl (C=O) groups is 1. The number of halogens is 4. The van der Waals surface area contributed by atoms with Gasteiger partial charge < -0.3 is 14.5 Å². The van der Waals surface area contributed by atoms with Crippen molar-refractivity contribution >= 4 is 51.3 Å². The van der Waals surface area contributed by atoms with Crippen LogP contribution in [0.1, 0.15) is 12.5 Å². The second-order valence-corrected chi connectivity index (χ2v) is 8.11. The average Bonchev–Trinajstić information content (AvgIpc) is 3.17. The van der Waals surface area contributed by atoms with Crippen molar-refractivity contribution in [3.8, 4) is 16.9 Å². The number of fused-ring (bicyclic) bond motifs is 1. The molecular weight excluding hydrogens is 471 g/mol. The summed E-state index contributed by atoms with van der Waals surface area (Å²) in [6.45, 7) is 1.72. The molecule has 1 heterocycles. The Labute approximate surface area is 198 Å². The molecule has 0 saturated heterocycles. The maximum atomic E-state index is 13.9. The predicted molar refractivity (Wildman–Crippen MR) is 127 cm³/mol. The molecule has 0 spiro atoms. The van der Waals surface area contributed by atoms with Gasteiger partial charge in [-0.15, -0.1) is 0 Å². The van der Waals surface area contributed by atoms with Crippen molar-refractivity contribution in [2.45, 2.75) is 6.92 Å². The van der Waals surface area contributed by atoms with Gasteiger partial charge in [-0.1, -0.05) is 29.3 Å². The molecule has 0 atom stereocenters. The summed E-state index contributed by atoms with van der Waals surface area (Å²) in [6, 6.07) is 11.6. The molecule has 0 bridgehead atoms. The summed E-state index contributed by atoms with van der Waals surface area (Å²) in [5.74, 6) is -1.68. The number of nitrogens with one attached hydrogen (secondary N) is 1. The zero-order chi connectivity index (χ0) is 23.7. The lowest BCUT2D eigenvalue weighted by Gasteiger charge is -2.11. The van der Waals surface area contributed by atoms with Crippen LogP contribution in [0.4, 0.5) is 14.5 Å². The fourth-order valence-electron chi connectivity index (χ4n) is 3.48. The first kappa shape index (κ1) is 22.8. The fraction of sp³-hybridized carbons (Fsp3) is 0.0800. The summed E-state index contributed by atoms with van der Waals surface area (Å²) in [5, 5.41) is 4.15. The molecule has 0 aliphatic carbocycles. The highest BCUT2D eigenvalue weighted by atomic mass is 35.5. The van der Waals surface area contributed by atoms with Crippen LogP contribution in [0.5, 0.6) is 5.75 Å². The molecule has 0 radical (unpaired) electrons. The molecular formula is C25H17Cl2F2NO3. The zero-order valence-corrected chi connectivity index (χ0v) is 19.0. The van der Waals surface area contributed by atoms with E-state index < -0.39 is 17.5 Å². The van der Waals surface area contributed by atoms with E-state index in [-0.39, 0.29) is 5.69 Å². The normalized spacial score (nSPS) is 11.6. The van der Waals surface area contributed by atoms with E-state index in [9.17, 15) is 13.6 Å². The van der Waals surface area contributed by atoms with Gasteiger partial charge >= 0.3 is 0 Å². The Morgan fingerprint density at radius 2 is 1.85 bits per heavy atom.